The van der Waals surface area contributed by atoms with Gasteiger partial charge in [0, 0.05) is 13.1 Å². The number of methoxy groups -OCH3 is 1. The molecule has 1 rings (SSSR count). The molecule has 0 spiro atoms. The third-order valence-electron chi connectivity index (χ3n) is 2.38. The number of nitrogens with one attached hydrogen (secondary N) is 1. The van der Waals surface area contributed by atoms with E-state index in [0.29, 0.717) is 5.96 Å². The largest absolute Gasteiger partial charge is 0.497 e. The van der Waals surface area contributed by atoms with Crippen LogP contribution >= 0.6 is 24.0 Å². The van der Waals surface area contributed by atoms with Gasteiger partial charge in [0.15, 0.2) is 5.96 Å². The fourth-order valence-corrected chi connectivity index (χ4v) is 1.42. The van der Waals surface area contributed by atoms with Gasteiger partial charge in [-0.25, -0.2) is 0 Å². The van der Waals surface area contributed by atoms with Crippen molar-refractivity contribution in [3.8, 4) is 5.75 Å². The van der Waals surface area contributed by atoms with E-state index in [9.17, 15) is 0 Å². The molecule has 5 heteroatoms. The maximum Gasteiger partial charge on any atom is 0.188 e. The van der Waals surface area contributed by atoms with Gasteiger partial charge in [-0.2, -0.15) is 0 Å². The van der Waals surface area contributed by atoms with Gasteiger partial charge in [-0.1, -0.05) is 19.1 Å². The summed E-state index contributed by atoms with van der Waals surface area (Å²) < 4.78 is 5.10. The summed E-state index contributed by atoms with van der Waals surface area (Å²) in [6, 6.07) is 8.04. The molecule has 0 heterocycles. The van der Waals surface area contributed by atoms with Crippen molar-refractivity contribution in [1.29, 1.82) is 0 Å². The highest BCUT2D eigenvalue weighted by Crippen LogP contribution is 2.11. The van der Waals surface area contributed by atoms with Crippen molar-refractivity contribution in [3.05, 3.63) is 29.8 Å². The predicted octanol–water partition coefficient (Wildman–Crippen LogP) is 2.17. The van der Waals surface area contributed by atoms with Crippen molar-refractivity contribution < 1.29 is 4.74 Å². The maximum absolute atomic E-state index is 5.69. The number of halogens is 1. The van der Waals surface area contributed by atoms with Crippen LogP contribution in [0.1, 0.15) is 18.9 Å². The Morgan fingerprint density at radius 2 is 2.00 bits per heavy atom. The summed E-state index contributed by atoms with van der Waals surface area (Å²) in [6.45, 7) is 3.65. The molecule has 0 aliphatic carbocycles. The van der Waals surface area contributed by atoms with Gasteiger partial charge in [0.05, 0.1) is 7.11 Å². The van der Waals surface area contributed by atoms with E-state index in [2.05, 4.69) is 29.4 Å². The molecule has 1 aromatic rings. The monoisotopic (exact) mass is 363 g/mol. The standard InChI is InChI=1S/C13H21N3O.HI/c1-3-9-15-13(14)16-10-8-11-4-6-12(17-2)7-5-11;/h4-7H,3,8-10H2,1-2H3,(H3,14,15,16);1H. The van der Waals surface area contributed by atoms with Crippen molar-refractivity contribution in [2.24, 2.45) is 10.7 Å². The van der Waals surface area contributed by atoms with Gasteiger partial charge < -0.3 is 15.8 Å². The maximum atomic E-state index is 5.69. The second-order valence-corrected chi connectivity index (χ2v) is 3.79. The highest BCUT2D eigenvalue weighted by Gasteiger charge is 1.95. The van der Waals surface area contributed by atoms with Crippen molar-refractivity contribution in [2.45, 2.75) is 19.8 Å². The fourth-order valence-electron chi connectivity index (χ4n) is 1.42. The summed E-state index contributed by atoms with van der Waals surface area (Å²) in [5.74, 6) is 1.41. The normalized spacial score (nSPS) is 10.7. The first-order valence-corrected chi connectivity index (χ1v) is 5.93. The van der Waals surface area contributed by atoms with Crippen LogP contribution < -0.4 is 15.8 Å². The Bertz CT molecular complexity index is 352. The minimum atomic E-state index is 0. The van der Waals surface area contributed by atoms with Crippen LogP contribution in [0.2, 0.25) is 0 Å². The lowest BCUT2D eigenvalue weighted by molar-refractivity contribution is 0.414. The lowest BCUT2D eigenvalue weighted by Crippen LogP contribution is -2.33. The van der Waals surface area contributed by atoms with Crippen LogP contribution in [0.4, 0.5) is 0 Å². The minimum Gasteiger partial charge on any atom is -0.497 e. The zero-order chi connectivity index (χ0) is 12.5. The Hall–Kier alpha value is -0.980. The molecule has 102 valence electrons. The molecule has 0 fully saturated rings. The quantitative estimate of drug-likeness (QED) is 0.463. The molecule has 0 amide bonds. The summed E-state index contributed by atoms with van der Waals surface area (Å²) in [5.41, 5.74) is 6.94. The smallest absolute Gasteiger partial charge is 0.188 e. The zero-order valence-corrected chi connectivity index (χ0v) is 13.3. The van der Waals surface area contributed by atoms with Crippen LogP contribution in [0.15, 0.2) is 29.3 Å². The van der Waals surface area contributed by atoms with Crippen molar-refractivity contribution >= 4 is 29.9 Å². The molecule has 0 aromatic heterocycles. The Kier molecular flexibility index (Phi) is 9.45. The molecule has 0 saturated carbocycles. The Labute approximate surface area is 126 Å². The number of hydrogen-bond acceptors (Lipinski definition) is 2. The SMILES string of the molecule is CCCN=C(N)NCCc1ccc(OC)cc1.I. The van der Waals surface area contributed by atoms with E-state index >= 15 is 0 Å². The number of nitrogens with two attached hydrogens (primary N) is 1. The Morgan fingerprint density at radius 3 is 2.56 bits per heavy atom. The predicted molar refractivity (Wildman–Crippen MR) is 86.9 cm³/mol. The minimum absolute atomic E-state index is 0. The highest BCUT2D eigenvalue weighted by atomic mass is 127. The number of guanidine groups is 1. The van der Waals surface area contributed by atoms with E-state index < -0.39 is 0 Å². The van der Waals surface area contributed by atoms with Gasteiger partial charge in [0.1, 0.15) is 5.75 Å². The molecule has 0 aliphatic heterocycles. The van der Waals surface area contributed by atoms with Gasteiger partial charge in [-0.15, -0.1) is 24.0 Å². The molecule has 0 aliphatic rings. The lowest BCUT2D eigenvalue weighted by atomic mass is 10.1. The van der Waals surface area contributed by atoms with Crippen molar-refractivity contribution in [3.63, 3.8) is 0 Å². The molecule has 4 nitrogen and oxygen atoms in total. The van der Waals surface area contributed by atoms with E-state index in [4.69, 9.17) is 10.5 Å². The summed E-state index contributed by atoms with van der Waals surface area (Å²) in [4.78, 5) is 4.16. The molecule has 0 bridgehead atoms. The van der Waals surface area contributed by atoms with Crippen LogP contribution in [0, 0.1) is 0 Å². The third kappa shape index (κ3) is 6.68. The molecular formula is C13H22IN3O. The molecule has 0 unspecified atom stereocenters. The number of hydrogen-bond donors (Lipinski definition) is 2. The summed E-state index contributed by atoms with van der Waals surface area (Å²) in [6.07, 6.45) is 1.94. The van der Waals surface area contributed by atoms with Gasteiger partial charge in [-0.3, -0.25) is 4.99 Å². The zero-order valence-electron chi connectivity index (χ0n) is 11.0. The average Bonchev–Trinajstić information content (AvgIpc) is 2.37. The summed E-state index contributed by atoms with van der Waals surface area (Å²) in [5, 5.41) is 3.09. The van der Waals surface area contributed by atoms with Crippen LogP contribution in [-0.4, -0.2) is 26.2 Å². The molecule has 18 heavy (non-hydrogen) atoms. The van der Waals surface area contributed by atoms with E-state index in [-0.39, 0.29) is 24.0 Å². The number of aliphatic imine (C=N–C) groups is 1. The molecular weight excluding hydrogens is 341 g/mol. The van der Waals surface area contributed by atoms with E-state index in [1.54, 1.807) is 7.11 Å². The molecule has 3 N–H and O–H groups in total. The van der Waals surface area contributed by atoms with Gasteiger partial charge >= 0.3 is 0 Å². The van der Waals surface area contributed by atoms with Crippen LogP contribution in [0.5, 0.6) is 5.75 Å². The van der Waals surface area contributed by atoms with Crippen molar-refractivity contribution in [2.75, 3.05) is 20.2 Å². The first kappa shape index (κ1) is 17.0. The molecule has 0 atom stereocenters. The van der Waals surface area contributed by atoms with Crippen LogP contribution in [0.25, 0.3) is 0 Å². The van der Waals surface area contributed by atoms with Crippen LogP contribution in [0.3, 0.4) is 0 Å². The van der Waals surface area contributed by atoms with Gasteiger partial charge in [-0.05, 0) is 30.5 Å². The highest BCUT2D eigenvalue weighted by molar-refractivity contribution is 14.0. The van der Waals surface area contributed by atoms with Gasteiger partial charge in [0.25, 0.3) is 0 Å². The Balaban J connectivity index is 0.00000289. The summed E-state index contributed by atoms with van der Waals surface area (Å²) >= 11 is 0. The van der Waals surface area contributed by atoms with E-state index in [1.807, 2.05) is 12.1 Å². The Morgan fingerprint density at radius 1 is 1.33 bits per heavy atom. The van der Waals surface area contributed by atoms with Crippen LogP contribution in [-0.2, 0) is 6.42 Å². The van der Waals surface area contributed by atoms with E-state index in [0.717, 1.165) is 31.7 Å². The number of benzene rings is 1. The van der Waals surface area contributed by atoms with Crippen molar-refractivity contribution in [1.82, 2.24) is 5.32 Å². The number of nitrogens with zero attached hydrogens (tertiary/aromatic N) is 1. The topological polar surface area (TPSA) is 59.6 Å². The van der Waals surface area contributed by atoms with Gasteiger partial charge in [0.2, 0.25) is 0 Å². The molecule has 1 aromatic carbocycles. The summed E-state index contributed by atoms with van der Waals surface area (Å²) in [7, 11) is 1.67. The first-order chi connectivity index (χ1) is 8.26. The number of rotatable bonds is 6. The fraction of sp³-hybridized carbons (Fsp3) is 0.462. The molecule has 0 saturated heterocycles. The second kappa shape index (κ2) is 9.99. The number of ether oxygens (including phenoxy) is 1. The molecule has 0 radical (unpaired) electrons. The lowest BCUT2D eigenvalue weighted by Gasteiger charge is -2.06. The second-order valence-electron chi connectivity index (χ2n) is 3.79. The third-order valence-corrected chi connectivity index (χ3v) is 2.38. The average molecular weight is 363 g/mol. The van der Waals surface area contributed by atoms with E-state index in [1.165, 1.54) is 5.56 Å². The first-order valence-electron chi connectivity index (χ1n) is 5.93.